The van der Waals surface area contributed by atoms with Crippen LogP contribution in [0.5, 0.6) is 0 Å². The molecule has 0 spiro atoms. The number of nitrogens with zero attached hydrogens (tertiary/aromatic N) is 2. The number of nitrogens with one attached hydrogen (secondary N) is 1. The summed E-state index contributed by atoms with van der Waals surface area (Å²) < 4.78 is 6.84. The standard InChI is InChI=1S/C13H21N3O3/c1-10(12(18)19-13(2,3)4)15-11(17)6-9-16-8-5-7-14-16/h5,7-8,10H,6,9H2,1-4H3,(H,15,17)/t10-/m0/s1. The minimum atomic E-state index is -0.649. The number of hydrogen-bond acceptors (Lipinski definition) is 4. The monoisotopic (exact) mass is 267 g/mol. The Morgan fingerprint density at radius 3 is 2.63 bits per heavy atom. The molecule has 6 nitrogen and oxygen atoms in total. The van der Waals surface area contributed by atoms with E-state index in [9.17, 15) is 9.59 Å². The lowest BCUT2D eigenvalue weighted by Gasteiger charge is -2.22. The quantitative estimate of drug-likeness (QED) is 0.811. The molecule has 0 aromatic carbocycles. The Balaban J connectivity index is 2.33. The highest BCUT2D eigenvalue weighted by Crippen LogP contribution is 2.08. The maximum atomic E-state index is 11.7. The van der Waals surface area contributed by atoms with Crippen LogP contribution in [0.15, 0.2) is 18.5 Å². The van der Waals surface area contributed by atoms with E-state index in [-0.39, 0.29) is 12.3 Å². The Morgan fingerprint density at radius 1 is 1.42 bits per heavy atom. The first kappa shape index (κ1) is 15.2. The van der Waals surface area contributed by atoms with Gasteiger partial charge in [0, 0.05) is 25.4 Å². The molecule has 1 heterocycles. The molecule has 1 aromatic rings. The van der Waals surface area contributed by atoms with Crippen LogP contribution in [0.2, 0.25) is 0 Å². The SMILES string of the molecule is C[C@H](NC(=O)CCn1cccn1)C(=O)OC(C)(C)C. The molecule has 1 aromatic heterocycles. The van der Waals surface area contributed by atoms with Gasteiger partial charge in [-0.1, -0.05) is 0 Å². The summed E-state index contributed by atoms with van der Waals surface area (Å²) in [5.74, 6) is -0.631. The van der Waals surface area contributed by atoms with Crippen molar-refractivity contribution in [2.45, 2.75) is 52.3 Å². The van der Waals surface area contributed by atoms with Gasteiger partial charge in [-0.2, -0.15) is 5.10 Å². The molecule has 0 unspecified atom stereocenters. The Kier molecular flexibility index (Phi) is 5.09. The van der Waals surface area contributed by atoms with Crippen LogP contribution in [-0.2, 0) is 20.9 Å². The number of ether oxygens (including phenoxy) is 1. The van der Waals surface area contributed by atoms with Crippen LogP contribution in [0.3, 0.4) is 0 Å². The van der Waals surface area contributed by atoms with E-state index in [1.165, 1.54) is 0 Å². The minimum absolute atomic E-state index is 0.200. The number of esters is 1. The Morgan fingerprint density at radius 2 is 2.11 bits per heavy atom. The van der Waals surface area contributed by atoms with Gasteiger partial charge in [-0.3, -0.25) is 9.48 Å². The lowest BCUT2D eigenvalue weighted by atomic mass is 10.2. The molecule has 19 heavy (non-hydrogen) atoms. The fourth-order valence-electron chi connectivity index (χ4n) is 1.41. The van der Waals surface area contributed by atoms with Gasteiger partial charge in [-0.05, 0) is 33.8 Å². The smallest absolute Gasteiger partial charge is 0.328 e. The molecule has 0 radical (unpaired) electrons. The van der Waals surface area contributed by atoms with Crippen molar-refractivity contribution in [3.05, 3.63) is 18.5 Å². The van der Waals surface area contributed by atoms with Gasteiger partial charge in [0.25, 0.3) is 0 Å². The first-order chi connectivity index (χ1) is 8.78. The lowest BCUT2D eigenvalue weighted by Crippen LogP contribution is -2.42. The van der Waals surface area contributed by atoms with Gasteiger partial charge in [0.1, 0.15) is 11.6 Å². The number of aryl methyl sites for hydroxylation is 1. The van der Waals surface area contributed by atoms with Crippen molar-refractivity contribution in [3.8, 4) is 0 Å². The highest BCUT2D eigenvalue weighted by atomic mass is 16.6. The Labute approximate surface area is 113 Å². The second-order valence-electron chi connectivity index (χ2n) is 5.34. The third kappa shape index (κ3) is 6.03. The fourth-order valence-corrected chi connectivity index (χ4v) is 1.41. The number of carbonyl (C=O) groups excluding carboxylic acids is 2. The van der Waals surface area contributed by atoms with Crippen LogP contribution < -0.4 is 5.32 Å². The summed E-state index contributed by atoms with van der Waals surface area (Å²) in [7, 11) is 0. The number of rotatable bonds is 5. The Bertz CT molecular complexity index is 421. The predicted octanol–water partition coefficient (Wildman–Crippen LogP) is 1.12. The van der Waals surface area contributed by atoms with Gasteiger partial charge in [-0.15, -0.1) is 0 Å². The van der Waals surface area contributed by atoms with E-state index in [1.54, 1.807) is 50.8 Å². The maximum Gasteiger partial charge on any atom is 0.328 e. The van der Waals surface area contributed by atoms with E-state index in [4.69, 9.17) is 4.74 Å². The summed E-state index contributed by atoms with van der Waals surface area (Å²) in [6, 6.07) is 1.14. The van der Waals surface area contributed by atoms with E-state index in [2.05, 4.69) is 10.4 Å². The average Bonchev–Trinajstić information content (AvgIpc) is 2.76. The molecule has 6 heteroatoms. The molecule has 0 saturated heterocycles. The lowest BCUT2D eigenvalue weighted by molar-refractivity contribution is -0.158. The first-order valence-corrected chi connectivity index (χ1v) is 6.27. The summed E-state index contributed by atoms with van der Waals surface area (Å²) in [6.07, 6.45) is 3.71. The Hall–Kier alpha value is -1.85. The zero-order valence-corrected chi connectivity index (χ0v) is 11.8. The van der Waals surface area contributed by atoms with Crippen molar-refractivity contribution in [3.63, 3.8) is 0 Å². The number of aromatic nitrogens is 2. The van der Waals surface area contributed by atoms with Crippen LogP contribution in [0.4, 0.5) is 0 Å². The summed E-state index contributed by atoms with van der Waals surface area (Å²) >= 11 is 0. The zero-order valence-electron chi connectivity index (χ0n) is 11.8. The van der Waals surface area contributed by atoms with Crippen molar-refractivity contribution >= 4 is 11.9 Å². The average molecular weight is 267 g/mol. The summed E-state index contributed by atoms with van der Waals surface area (Å²) in [6.45, 7) is 7.46. The van der Waals surface area contributed by atoms with Gasteiger partial charge in [0.2, 0.25) is 5.91 Å². The molecule has 0 aliphatic carbocycles. The second-order valence-corrected chi connectivity index (χ2v) is 5.34. The molecule has 0 fully saturated rings. The van der Waals surface area contributed by atoms with Crippen LogP contribution >= 0.6 is 0 Å². The van der Waals surface area contributed by atoms with Crippen LogP contribution in [0, 0.1) is 0 Å². The van der Waals surface area contributed by atoms with E-state index in [0.29, 0.717) is 6.54 Å². The molecule has 1 amide bonds. The van der Waals surface area contributed by atoms with Crippen molar-refractivity contribution in [2.24, 2.45) is 0 Å². The fraction of sp³-hybridized carbons (Fsp3) is 0.615. The van der Waals surface area contributed by atoms with Crippen molar-refractivity contribution in [1.29, 1.82) is 0 Å². The maximum absolute atomic E-state index is 11.7. The summed E-state index contributed by atoms with van der Waals surface area (Å²) in [4.78, 5) is 23.3. The summed E-state index contributed by atoms with van der Waals surface area (Å²) in [5.41, 5.74) is -0.550. The van der Waals surface area contributed by atoms with E-state index < -0.39 is 17.6 Å². The topological polar surface area (TPSA) is 73.2 Å². The number of hydrogen-bond donors (Lipinski definition) is 1. The molecule has 106 valence electrons. The van der Waals surface area contributed by atoms with Crippen molar-refractivity contribution in [2.75, 3.05) is 0 Å². The molecule has 1 rings (SSSR count). The minimum Gasteiger partial charge on any atom is -0.458 e. The predicted molar refractivity (Wildman–Crippen MR) is 70.3 cm³/mol. The molecule has 0 aliphatic heterocycles. The van der Waals surface area contributed by atoms with E-state index in [1.807, 2.05) is 0 Å². The second kappa shape index (κ2) is 6.36. The van der Waals surface area contributed by atoms with Crippen LogP contribution in [0.1, 0.15) is 34.1 Å². The normalized spacial score (nSPS) is 12.8. The zero-order chi connectivity index (χ0) is 14.5. The molecular weight excluding hydrogens is 246 g/mol. The van der Waals surface area contributed by atoms with Gasteiger partial charge < -0.3 is 10.1 Å². The van der Waals surface area contributed by atoms with Crippen LogP contribution in [-0.4, -0.2) is 33.3 Å². The van der Waals surface area contributed by atoms with Gasteiger partial charge in [-0.25, -0.2) is 4.79 Å². The highest BCUT2D eigenvalue weighted by Gasteiger charge is 2.22. The molecule has 0 aliphatic rings. The molecule has 1 N–H and O–H groups in total. The molecular formula is C13H21N3O3. The molecule has 0 bridgehead atoms. The third-order valence-electron chi connectivity index (χ3n) is 2.26. The van der Waals surface area contributed by atoms with Crippen molar-refractivity contribution < 1.29 is 14.3 Å². The number of carbonyl (C=O) groups is 2. The van der Waals surface area contributed by atoms with Crippen LogP contribution in [0.25, 0.3) is 0 Å². The number of amides is 1. The first-order valence-electron chi connectivity index (χ1n) is 6.27. The molecule has 1 atom stereocenters. The van der Waals surface area contributed by atoms with E-state index in [0.717, 1.165) is 0 Å². The van der Waals surface area contributed by atoms with Gasteiger partial charge in [0.15, 0.2) is 0 Å². The van der Waals surface area contributed by atoms with Gasteiger partial charge in [0.05, 0.1) is 0 Å². The highest BCUT2D eigenvalue weighted by molar-refractivity contribution is 5.84. The van der Waals surface area contributed by atoms with Crippen molar-refractivity contribution in [1.82, 2.24) is 15.1 Å². The van der Waals surface area contributed by atoms with E-state index >= 15 is 0 Å². The largest absolute Gasteiger partial charge is 0.458 e. The third-order valence-corrected chi connectivity index (χ3v) is 2.26. The molecule has 0 saturated carbocycles. The van der Waals surface area contributed by atoms with Gasteiger partial charge >= 0.3 is 5.97 Å². The summed E-state index contributed by atoms with van der Waals surface area (Å²) in [5, 5.41) is 6.61.